The van der Waals surface area contributed by atoms with Gasteiger partial charge in [-0.05, 0) is 30.3 Å². The second-order valence-electron chi connectivity index (χ2n) is 6.01. The van der Waals surface area contributed by atoms with E-state index in [4.69, 9.17) is 27.7 Å². The van der Waals surface area contributed by atoms with Crippen molar-refractivity contribution in [2.45, 2.75) is 5.92 Å². The average molecular weight is 389 g/mol. The maximum Gasteiger partial charge on any atom is 0.321 e. The number of carbonyl (C=O) groups excluding carboxylic acids is 1. The number of aromatic nitrogens is 2. The maximum absolute atomic E-state index is 12.2. The fraction of sp³-hybridized carbons (Fsp3) is 0.167. The van der Waals surface area contributed by atoms with E-state index >= 15 is 0 Å². The van der Waals surface area contributed by atoms with Gasteiger partial charge in [0.25, 0.3) is 0 Å². The Morgan fingerprint density at radius 2 is 1.85 bits per heavy atom. The van der Waals surface area contributed by atoms with Crippen LogP contribution in [0.1, 0.15) is 11.8 Å². The zero-order valence-electron chi connectivity index (χ0n) is 13.5. The molecule has 0 radical (unpaired) electrons. The lowest BCUT2D eigenvalue weighted by Crippen LogP contribution is -2.50. The Labute approximate surface area is 159 Å². The Balaban J connectivity index is 1.37. The van der Waals surface area contributed by atoms with Crippen molar-refractivity contribution in [3.05, 3.63) is 64.5 Å². The molecule has 1 aliphatic rings. The summed E-state index contributed by atoms with van der Waals surface area (Å²) in [5.41, 5.74) is 1.45. The van der Waals surface area contributed by atoms with E-state index in [9.17, 15) is 4.79 Å². The highest BCUT2D eigenvalue weighted by Gasteiger charge is 2.35. The number of carbonyl (C=O) groups is 1. The van der Waals surface area contributed by atoms with E-state index in [1.54, 1.807) is 41.3 Å². The van der Waals surface area contributed by atoms with Crippen LogP contribution < -0.4 is 5.32 Å². The lowest BCUT2D eigenvalue weighted by atomic mass is 10.0. The minimum atomic E-state index is -0.182. The first-order chi connectivity index (χ1) is 12.6. The summed E-state index contributed by atoms with van der Waals surface area (Å²) in [4.78, 5) is 18.3. The second-order valence-corrected chi connectivity index (χ2v) is 6.88. The summed E-state index contributed by atoms with van der Waals surface area (Å²) in [5, 5.41) is 8.00. The number of rotatable bonds is 3. The number of benzene rings is 2. The van der Waals surface area contributed by atoms with Crippen molar-refractivity contribution in [1.82, 2.24) is 15.0 Å². The highest BCUT2D eigenvalue weighted by atomic mass is 35.5. The molecule has 2 aromatic carbocycles. The van der Waals surface area contributed by atoms with Crippen LogP contribution >= 0.6 is 23.2 Å². The van der Waals surface area contributed by atoms with Crippen molar-refractivity contribution in [2.75, 3.05) is 18.4 Å². The van der Waals surface area contributed by atoms with Crippen molar-refractivity contribution in [3.8, 4) is 11.4 Å². The predicted molar refractivity (Wildman–Crippen MR) is 99.5 cm³/mol. The van der Waals surface area contributed by atoms with Gasteiger partial charge in [0, 0.05) is 34.4 Å². The van der Waals surface area contributed by atoms with Gasteiger partial charge >= 0.3 is 6.03 Å². The second kappa shape index (κ2) is 6.97. The number of halogens is 2. The molecule has 3 aromatic rings. The highest BCUT2D eigenvalue weighted by Crippen LogP contribution is 2.29. The normalized spacial score (nSPS) is 14.2. The van der Waals surface area contributed by atoms with Gasteiger partial charge in [-0.25, -0.2) is 4.79 Å². The summed E-state index contributed by atoms with van der Waals surface area (Å²) < 4.78 is 5.34. The van der Waals surface area contributed by atoms with E-state index in [2.05, 4.69) is 15.5 Å². The molecule has 6 nitrogen and oxygen atoms in total. The number of hydrogen-bond donors (Lipinski definition) is 1. The van der Waals surface area contributed by atoms with Crippen molar-refractivity contribution < 1.29 is 9.32 Å². The van der Waals surface area contributed by atoms with Crippen LogP contribution in [0.5, 0.6) is 0 Å². The van der Waals surface area contributed by atoms with Gasteiger partial charge in [-0.2, -0.15) is 4.98 Å². The van der Waals surface area contributed by atoms with Crippen molar-refractivity contribution >= 4 is 34.9 Å². The van der Waals surface area contributed by atoms with Crippen LogP contribution in [0.25, 0.3) is 11.4 Å². The number of hydrogen-bond acceptors (Lipinski definition) is 4. The molecule has 2 amide bonds. The summed E-state index contributed by atoms with van der Waals surface area (Å²) in [5.74, 6) is 1.04. The van der Waals surface area contributed by atoms with Crippen LogP contribution in [0, 0.1) is 0 Å². The third kappa shape index (κ3) is 3.52. The number of likely N-dealkylation sites (tertiary alicyclic amines) is 1. The fourth-order valence-corrected chi connectivity index (χ4v) is 3.10. The molecule has 0 aliphatic carbocycles. The number of urea groups is 1. The van der Waals surface area contributed by atoms with Crippen LogP contribution in [-0.4, -0.2) is 34.2 Å². The molecule has 1 aromatic heterocycles. The number of anilines is 1. The van der Waals surface area contributed by atoms with Crippen molar-refractivity contribution in [1.29, 1.82) is 0 Å². The van der Waals surface area contributed by atoms with E-state index in [0.29, 0.717) is 40.5 Å². The Hall–Kier alpha value is -2.57. The van der Waals surface area contributed by atoms with Crippen molar-refractivity contribution in [3.63, 3.8) is 0 Å². The van der Waals surface area contributed by atoms with E-state index < -0.39 is 0 Å². The first kappa shape index (κ1) is 16.9. The van der Waals surface area contributed by atoms with Gasteiger partial charge in [0.05, 0.1) is 5.92 Å². The molecule has 0 saturated carbocycles. The lowest BCUT2D eigenvalue weighted by Gasteiger charge is -2.36. The molecule has 1 N–H and O–H groups in total. The highest BCUT2D eigenvalue weighted by molar-refractivity contribution is 6.31. The Kier molecular flexibility index (Phi) is 4.53. The topological polar surface area (TPSA) is 71.3 Å². The summed E-state index contributed by atoms with van der Waals surface area (Å²) in [7, 11) is 0. The third-order valence-electron chi connectivity index (χ3n) is 4.12. The summed E-state index contributed by atoms with van der Waals surface area (Å²) in [6.45, 7) is 1.03. The largest absolute Gasteiger partial charge is 0.339 e. The van der Waals surface area contributed by atoms with E-state index in [-0.39, 0.29) is 11.9 Å². The van der Waals surface area contributed by atoms with Crippen LogP contribution in [0.3, 0.4) is 0 Å². The minimum absolute atomic E-state index is 0.0283. The molecule has 132 valence electrons. The molecule has 0 spiro atoms. The van der Waals surface area contributed by atoms with Gasteiger partial charge in [-0.15, -0.1) is 0 Å². The number of amides is 2. The predicted octanol–water partition coefficient (Wildman–Crippen LogP) is 4.67. The molecule has 1 fully saturated rings. The third-order valence-corrected chi connectivity index (χ3v) is 4.59. The standard InChI is InChI=1S/C18H14Cl2N4O2/c19-13-4-1-3-11(7-13)16-22-17(26-23-16)12-9-24(10-12)18(25)21-15-6-2-5-14(20)8-15/h1-8,12H,9-10H2,(H,21,25). The van der Waals surface area contributed by atoms with Gasteiger partial charge < -0.3 is 14.7 Å². The zero-order valence-corrected chi connectivity index (χ0v) is 15.0. The molecule has 0 atom stereocenters. The monoisotopic (exact) mass is 388 g/mol. The smallest absolute Gasteiger partial charge is 0.321 e. The Morgan fingerprint density at radius 3 is 2.58 bits per heavy atom. The minimum Gasteiger partial charge on any atom is -0.339 e. The fourth-order valence-electron chi connectivity index (χ4n) is 2.72. The first-order valence-corrected chi connectivity index (χ1v) is 8.75. The molecule has 0 bridgehead atoms. The quantitative estimate of drug-likeness (QED) is 0.707. The molecule has 0 unspecified atom stereocenters. The number of nitrogens with one attached hydrogen (secondary N) is 1. The molecular formula is C18H14Cl2N4O2. The van der Waals surface area contributed by atoms with Gasteiger partial charge in [0.1, 0.15) is 0 Å². The molecule has 2 heterocycles. The molecule has 26 heavy (non-hydrogen) atoms. The molecule has 4 rings (SSSR count). The Bertz CT molecular complexity index is 954. The molecular weight excluding hydrogens is 375 g/mol. The maximum atomic E-state index is 12.2. The summed E-state index contributed by atoms with van der Waals surface area (Å²) in [6, 6.07) is 14.1. The molecule has 1 saturated heterocycles. The van der Waals surface area contributed by atoms with Gasteiger partial charge in [-0.1, -0.05) is 46.6 Å². The van der Waals surface area contributed by atoms with Crippen LogP contribution in [0.15, 0.2) is 53.1 Å². The zero-order chi connectivity index (χ0) is 18.1. The van der Waals surface area contributed by atoms with Crippen LogP contribution in [0.4, 0.5) is 10.5 Å². The lowest BCUT2D eigenvalue weighted by molar-refractivity contribution is 0.147. The van der Waals surface area contributed by atoms with Gasteiger partial charge in [-0.3, -0.25) is 0 Å². The average Bonchev–Trinajstić information content (AvgIpc) is 3.03. The Morgan fingerprint density at radius 1 is 1.12 bits per heavy atom. The summed E-state index contributed by atoms with van der Waals surface area (Å²) in [6.07, 6.45) is 0. The first-order valence-electron chi connectivity index (χ1n) is 7.99. The van der Waals surface area contributed by atoms with E-state index in [1.165, 1.54) is 0 Å². The van der Waals surface area contributed by atoms with Crippen LogP contribution in [-0.2, 0) is 0 Å². The SMILES string of the molecule is O=C(Nc1cccc(Cl)c1)N1CC(c2nc(-c3cccc(Cl)c3)no2)C1. The van der Waals surface area contributed by atoms with Crippen LogP contribution in [0.2, 0.25) is 10.0 Å². The van der Waals surface area contributed by atoms with Gasteiger partial charge in [0.15, 0.2) is 0 Å². The number of nitrogens with zero attached hydrogens (tertiary/aromatic N) is 3. The summed E-state index contributed by atoms with van der Waals surface area (Å²) >= 11 is 11.9. The van der Waals surface area contributed by atoms with Crippen molar-refractivity contribution in [2.24, 2.45) is 0 Å². The molecule has 8 heteroatoms. The molecule has 1 aliphatic heterocycles. The van der Waals surface area contributed by atoms with E-state index in [0.717, 1.165) is 5.56 Å². The van der Waals surface area contributed by atoms with Gasteiger partial charge in [0.2, 0.25) is 11.7 Å². The van der Waals surface area contributed by atoms with E-state index in [1.807, 2.05) is 12.1 Å².